The predicted octanol–water partition coefficient (Wildman–Crippen LogP) is 8.53. The number of nitrogens with zero attached hydrogens (tertiary/aromatic N) is 2. The molecule has 4 aromatic carbocycles. The van der Waals surface area contributed by atoms with Crippen molar-refractivity contribution in [1.82, 2.24) is 9.97 Å². The average molecular weight is 581 g/mol. The Labute approximate surface area is 236 Å². The van der Waals surface area contributed by atoms with Crippen LogP contribution in [0.2, 0.25) is 0 Å². The van der Waals surface area contributed by atoms with Gasteiger partial charge in [0.25, 0.3) is 0 Å². The molecule has 2 heterocycles. The Morgan fingerprint density at radius 3 is 1.34 bits per heavy atom. The second-order valence-corrected chi connectivity index (χ2v) is 8.55. The maximum absolute atomic E-state index is 6.17. The van der Waals surface area contributed by atoms with E-state index in [-0.39, 0.29) is 20.4 Å². The summed E-state index contributed by atoms with van der Waals surface area (Å²) in [6.07, 6.45) is 3.65. The molecule has 0 saturated carbocycles. The second kappa shape index (κ2) is 11.8. The minimum atomic E-state index is 0. The Balaban J connectivity index is 0.00000294. The Morgan fingerprint density at radius 2 is 0.895 bits per heavy atom. The smallest absolute Gasteiger partial charge is 0.497 e. The molecule has 0 unspecified atom stereocenters. The summed E-state index contributed by atoms with van der Waals surface area (Å²) in [7, 11) is 0. The fourth-order valence-corrected chi connectivity index (χ4v) is 4.21. The quantitative estimate of drug-likeness (QED) is 0.146. The van der Waals surface area contributed by atoms with Crippen LogP contribution in [0.5, 0.6) is 11.5 Å². The third kappa shape index (κ3) is 5.79. The van der Waals surface area contributed by atoms with E-state index < -0.39 is 0 Å². The monoisotopic (exact) mass is 580 g/mol. The number of benzene rings is 4. The van der Waals surface area contributed by atoms with Crippen LogP contribution in [0.15, 0.2) is 134 Å². The third-order valence-corrected chi connectivity index (χ3v) is 6.04. The molecule has 4 heteroatoms. The van der Waals surface area contributed by atoms with Crippen LogP contribution in [-0.2, 0) is 20.4 Å². The normalized spacial score (nSPS) is 10.4. The molecule has 0 fully saturated rings. The van der Waals surface area contributed by atoms with E-state index in [0.717, 1.165) is 44.8 Å². The molecule has 0 amide bonds. The Hall–Kier alpha value is -4.36. The summed E-state index contributed by atoms with van der Waals surface area (Å²) in [6, 6.07) is 47.1. The maximum atomic E-state index is 6.17. The van der Waals surface area contributed by atoms with Gasteiger partial charge in [0, 0.05) is 23.9 Å². The average Bonchev–Trinajstić information content (AvgIpc) is 2.98. The van der Waals surface area contributed by atoms with Gasteiger partial charge in [-0.25, -0.2) is 0 Å². The van der Waals surface area contributed by atoms with Gasteiger partial charge < -0.3 is 14.7 Å². The molecular weight excluding hydrogens is 559 g/mol. The fraction of sp³-hybridized carbons (Fsp3) is 0. The second-order valence-electron chi connectivity index (χ2n) is 8.55. The van der Waals surface area contributed by atoms with E-state index in [0.29, 0.717) is 11.5 Å². The SMILES string of the molecule is [Pd+2].[c-]1c(Oc2[c-]c(-c3cc(-c4ccccc4)ccn3)ccc2)cccc1-c1cc(-c2ccccc2)ccn1. The largest absolute Gasteiger partial charge is 2.00 e. The molecule has 2 aromatic heterocycles. The van der Waals surface area contributed by atoms with Crippen molar-refractivity contribution in [2.45, 2.75) is 0 Å². The minimum Gasteiger partial charge on any atom is -0.497 e. The Kier molecular flexibility index (Phi) is 7.85. The van der Waals surface area contributed by atoms with Gasteiger partial charge in [-0.3, -0.25) is 0 Å². The molecule has 6 rings (SSSR count). The first kappa shape index (κ1) is 25.3. The van der Waals surface area contributed by atoms with Crippen molar-refractivity contribution in [1.29, 1.82) is 0 Å². The van der Waals surface area contributed by atoms with E-state index in [1.807, 2.05) is 97.3 Å². The molecule has 0 N–H and O–H groups in total. The molecule has 0 aliphatic heterocycles. The van der Waals surface area contributed by atoms with E-state index in [9.17, 15) is 0 Å². The molecule has 0 radical (unpaired) electrons. The first-order valence-electron chi connectivity index (χ1n) is 12.1. The van der Waals surface area contributed by atoms with Crippen LogP contribution < -0.4 is 4.74 Å². The van der Waals surface area contributed by atoms with Gasteiger partial charge in [-0.15, -0.1) is 47.5 Å². The summed E-state index contributed by atoms with van der Waals surface area (Å²) in [6.45, 7) is 0. The summed E-state index contributed by atoms with van der Waals surface area (Å²) in [5, 5.41) is 0. The van der Waals surface area contributed by atoms with Gasteiger partial charge in [-0.1, -0.05) is 84.9 Å². The molecule has 6 aromatic rings. The van der Waals surface area contributed by atoms with Gasteiger partial charge in [0.1, 0.15) is 0 Å². The van der Waals surface area contributed by atoms with Crippen molar-refractivity contribution >= 4 is 0 Å². The predicted molar refractivity (Wildman–Crippen MR) is 148 cm³/mol. The van der Waals surface area contributed by atoms with E-state index in [2.05, 4.69) is 58.5 Å². The number of ether oxygens (including phenoxy) is 1. The van der Waals surface area contributed by atoms with Crippen molar-refractivity contribution in [3.63, 3.8) is 0 Å². The van der Waals surface area contributed by atoms with Crippen LogP contribution in [0.25, 0.3) is 44.8 Å². The first-order chi connectivity index (χ1) is 18.3. The summed E-state index contributed by atoms with van der Waals surface area (Å²) in [5.41, 5.74) is 7.92. The molecule has 0 saturated heterocycles. The maximum Gasteiger partial charge on any atom is 2.00 e. The van der Waals surface area contributed by atoms with Crippen LogP contribution in [0.3, 0.4) is 0 Å². The zero-order chi connectivity index (χ0) is 24.9. The number of hydrogen-bond acceptors (Lipinski definition) is 3. The van der Waals surface area contributed by atoms with E-state index >= 15 is 0 Å². The van der Waals surface area contributed by atoms with Crippen LogP contribution in [-0.4, -0.2) is 9.97 Å². The Morgan fingerprint density at radius 1 is 0.447 bits per heavy atom. The summed E-state index contributed by atoms with van der Waals surface area (Å²) in [4.78, 5) is 9.13. The zero-order valence-corrected chi connectivity index (χ0v) is 21.9. The van der Waals surface area contributed by atoms with Gasteiger partial charge in [0.2, 0.25) is 0 Å². The topological polar surface area (TPSA) is 35.0 Å². The Bertz CT molecular complexity index is 1530. The van der Waals surface area contributed by atoms with Crippen LogP contribution in [0.1, 0.15) is 0 Å². The number of pyridine rings is 2. The standard InChI is InChI=1S/C34H22N2O.Pd/c1-3-9-25(10-4-1)27-17-19-35-33(23-27)29-13-7-15-31(21-29)37-32-16-8-14-30(22-32)34-24-28(18-20-36-34)26-11-5-2-6-12-26;/h1-20,23-24H;/q-2;+2. The van der Waals surface area contributed by atoms with Gasteiger partial charge >= 0.3 is 20.4 Å². The van der Waals surface area contributed by atoms with Crippen LogP contribution in [0, 0.1) is 12.1 Å². The van der Waals surface area contributed by atoms with Crippen molar-refractivity contribution < 1.29 is 25.2 Å². The van der Waals surface area contributed by atoms with E-state index in [1.165, 1.54) is 0 Å². The van der Waals surface area contributed by atoms with Crippen molar-refractivity contribution in [2.75, 3.05) is 0 Å². The van der Waals surface area contributed by atoms with Crippen molar-refractivity contribution in [3.8, 4) is 56.3 Å². The molecule has 0 aliphatic carbocycles. The number of rotatable bonds is 6. The van der Waals surface area contributed by atoms with Crippen molar-refractivity contribution in [3.05, 3.63) is 146 Å². The summed E-state index contributed by atoms with van der Waals surface area (Å²) in [5.74, 6) is 1.20. The molecule has 0 spiro atoms. The zero-order valence-electron chi connectivity index (χ0n) is 20.3. The van der Waals surface area contributed by atoms with Crippen molar-refractivity contribution in [2.24, 2.45) is 0 Å². The van der Waals surface area contributed by atoms with Crippen LogP contribution in [0.4, 0.5) is 0 Å². The number of aromatic nitrogens is 2. The molecule has 0 bridgehead atoms. The van der Waals surface area contributed by atoms with Gasteiger partial charge in [-0.05, 0) is 45.8 Å². The molecule has 184 valence electrons. The molecular formula is C34H22N2OPd. The molecule has 38 heavy (non-hydrogen) atoms. The first-order valence-corrected chi connectivity index (χ1v) is 12.1. The van der Waals surface area contributed by atoms with Gasteiger partial charge in [0.05, 0.1) is 0 Å². The molecule has 0 aliphatic rings. The van der Waals surface area contributed by atoms with Crippen LogP contribution >= 0.6 is 0 Å². The summed E-state index contributed by atoms with van der Waals surface area (Å²) < 4.78 is 6.17. The molecule has 0 atom stereocenters. The van der Waals surface area contributed by atoms with E-state index in [4.69, 9.17) is 4.74 Å². The van der Waals surface area contributed by atoms with Gasteiger partial charge in [-0.2, -0.15) is 0 Å². The number of hydrogen-bond donors (Lipinski definition) is 0. The van der Waals surface area contributed by atoms with Gasteiger partial charge in [0.15, 0.2) is 0 Å². The third-order valence-electron chi connectivity index (χ3n) is 6.04. The minimum absolute atomic E-state index is 0. The molecule has 3 nitrogen and oxygen atoms in total. The summed E-state index contributed by atoms with van der Waals surface area (Å²) >= 11 is 0. The van der Waals surface area contributed by atoms with E-state index in [1.54, 1.807) is 0 Å². The fourth-order valence-electron chi connectivity index (χ4n) is 4.21.